The van der Waals surface area contributed by atoms with Gasteiger partial charge in [-0.15, -0.1) is 21.5 Å². The number of nitrogens with zero attached hydrogens (tertiary/aromatic N) is 8. The van der Waals surface area contributed by atoms with Gasteiger partial charge in [-0.1, -0.05) is 109 Å². The molecule has 0 amide bonds. The zero-order valence-electron chi connectivity index (χ0n) is 34.8. The van der Waals surface area contributed by atoms with Gasteiger partial charge in [0.25, 0.3) is 5.95 Å². The largest absolute Gasteiger partial charge is 0.309 e. The lowest BCUT2D eigenvalue weighted by atomic mass is 10.1. The normalized spacial score (nSPS) is 11.7. The molecule has 0 N–H and O–H groups in total. The van der Waals surface area contributed by atoms with Gasteiger partial charge in [-0.2, -0.15) is 4.98 Å². The molecule has 306 valence electrons. The Labute approximate surface area is 377 Å². The first-order valence-corrected chi connectivity index (χ1v) is 22.4. The smallest absolute Gasteiger partial charge is 0.255 e. The summed E-state index contributed by atoms with van der Waals surface area (Å²) in [6, 6.07) is 74.4. The molecule has 0 saturated heterocycles. The van der Waals surface area contributed by atoms with Gasteiger partial charge in [0, 0.05) is 72.0 Å². The molecule has 8 nitrogen and oxygen atoms in total. The fourth-order valence-corrected chi connectivity index (χ4v) is 10.4. The predicted molar refractivity (Wildman–Crippen MR) is 269 cm³/mol. The third-order valence-electron chi connectivity index (χ3n) is 12.3. The number of rotatable bonds is 8. The van der Waals surface area contributed by atoms with E-state index in [1.165, 1.54) is 16.2 Å². The van der Waals surface area contributed by atoms with E-state index < -0.39 is 0 Å². The van der Waals surface area contributed by atoms with Crippen LogP contribution in [0.25, 0.3) is 75.4 Å². The van der Waals surface area contributed by atoms with Gasteiger partial charge in [0.05, 0.1) is 22.1 Å². The highest BCUT2D eigenvalue weighted by atomic mass is 32.1. The Balaban J connectivity index is 0.936. The average molecular weight is 853 g/mol. The standard InChI is InChI=1S/C56H36N8S/c1-5-17-37(18-6-1)61(41-29-31-50-45(33-41)43-25-13-15-27-48(43)63(50)39-21-9-3-10-22-39)53-35-52-47(36-57-53)54-55(65-52)58-56(60-59-54)62(38-19-7-2-8-20-38)42-30-32-51-46(34-42)44-26-14-16-28-49(44)64(51)40-23-11-4-12-24-40/h1-36H. The van der Waals surface area contributed by atoms with Crippen LogP contribution in [0.5, 0.6) is 0 Å². The molecule has 9 heteroatoms. The van der Waals surface area contributed by atoms with Crippen LogP contribution >= 0.6 is 11.3 Å². The lowest BCUT2D eigenvalue weighted by molar-refractivity contribution is 0.994. The van der Waals surface area contributed by atoms with Crippen LogP contribution in [-0.2, 0) is 0 Å². The van der Waals surface area contributed by atoms with Crippen molar-refractivity contribution in [2.75, 3.05) is 9.80 Å². The SMILES string of the molecule is c1ccc(N(c2ccc3c(c2)c2ccccc2n3-c2ccccc2)c2cc3sc4nc(N(c5ccccc5)c5ccc6c(c5)c5ccccc5n6-c5ccccc5)nnc4c3cn2)cc1. The summed E-state index contributed by atoms with van der Waals surface area (Å²) < 4.78 is 5.69. The second-order valence-corrected chi connectivity index (χ2v) is 17.1. The number of anilines is 6. The van der Waals surface area contributed by atoms with Crippen LogP contribution in [-0.4, -0.2) is 29.3 Å². The lowest BCUT2D eigenvalue weighted by Gasteiger charge is -2.24. The summed E-state index contributed by atoms with van der Waals surface area (Å²) in [5.74, 6) is 1.28. The second kappa shape index (κ2) is 15.0. The topological polar surface area (TPSA) is 67.9 Å². The fourth-order valence-electron chi connectivity index (χ4n) is 9.41. The van der Waals surface area contributed by atoms with E-state index in [0.29, 0.717) is 5.95 Å². The van der Waals surface area contributed by atoms with E-state index in [1.807, 2.05) is 30.5 Å². The van der Waals surface area contributed by atoms with Gasteiger partial charge in [-0.3, -0.25) is 9.80 Å². The van der Waals surface area contributed by atoms with Crippen molar-refractivity contribution in [3.8, 4) is 11.4 Å². The first-order chi connectivity index (χ1) is 32.2. The summed E-state index contributed by atoms with van der Waals surface area (Å²) >= 11 is 1.60. The van der Waals surface area contributed by atoms with Gasteiger partial charge < -0.3 is 9.13 Å². The molecule has 0 atom stereocenters. The van der Waals surface area contributed by atoms with Crippen molar-refractivity contribution >= 4 is 110 Å². The average Bonchev–Trinajstić information content (AvgIpc) is 4.02. The van der Waals surface area contributed by atoms with Gasteiger partial charge >= 0.3 is 0 Å². The number of fused-ring (bicyclic) bond motifs is 9. The van der Waals surface area contributed by atoms with E-state index >= 15 is 0 Å². The van der Waals surface area contributed by atoms with Gasteiger partial charge in [-0.25, -0.2) is 4.98 Å². The van der Waals surface area contributed by atoms with E-state index in [4.69, 9.17) is 20.2 Å². The van der Waals surface area contributed by atoms with Gasteiger partial charge in [0.1, 0.15) is 16.2 Å². The molecular formula is C56H36N8S. The molecule has 5 aromatic heterocycles. The highest BCUT2D eigenvalue weighted by Gasteiger charge is 2.23. The summed E-state index contributed by atoms with van der Waals surface area (Å²) in [6.45, 7) is 0. The first-order valence-electron chi connectivity index (χ1n) is 21.6. The summed E-state index contributed by atoms with van der Waals surface area (Å²) in [6.07, 6.45) is 1.92. The molecule has 0 radical (unpaired) electrons. The molecule has 8 aromatic carbocycles. The first kappa shape index (κ1) is 36.9. The Morgan fingerprint density at radius 2 is 0.862 bits per heavy atom. The van der Waals surface area contributed by atoms with E-state index in [9.17, 15) is 0 Å². The molecule has 0 aliphatic rings. The van der Waals surface area contributed by atoms with Crippen molar-refractivity contribution in [1.29, 1.82) is 0 Å². The van der Waals surface area contributed by atoms with Gasteiger partial charge in [0.15, 0.2) is 0 Å². The molecule has 5 heterocycles. The number of benzene rings is 8. The Morgan fingerprint density at radius 3 is 1.43 bits per heavy atom. The van der Waals surface area contributed by atoms with Crippen molar-refractivity contribution in [2.24, 2.45) is 0 Å². The summed E-state index contributed by atoms with van der Waals surface area (Å²) in [5.41, 5.74) is 11.4. The third kappa shape index (κ3) is 6.05. The van der Waals surface area contributed by atoms with Crippen LogP contribution < -0.4 is 9.80 Å². The summed E-state index contributed by atoms with van der Waals surface area (Å²) in [7, 11) is 0. The zero-order chi connectivity index (χ0) is 42.8. The van der Waals surface area contributed by atoms with Crippen molar-refractivity contribution < 1.29 is 0 Å². The van der Waals surface area contributed by atoms with Gasteiger partial charge in [0.2, 0.25) is 0 Å². The van der Waals surface area contributed by atoms with Gasteiger partial charge in [-0.05, 0) is 103 Å². The van der Waals surface area contributed by atoms with Crippen LogP contribution in [0.1, 0.15) is 0 Å². The highest BCUT2D eigenvalue weighted by molar-refractivity contribution is 7.25. The summed E-state index contributed by atoms with van der Waals surface area (Å²) in [4.78, 5) is 15.5. The predicted octanol–water partition coefficient (Wildman–Crippen LogP) is 14.8. The molecular weight excluding hydrogens is 817 g/mol. The van der Waals surface area contributed by atoms with E-state index in [2.05, 4.69) is 207 Å². The minimum Gasteiger partial charge on any atom is -0.309 e. The number of hydrogen-bond acceptors (Lipinski definition) is 7. The highest BCUT2D eigenvalue weighted by Crippen LogP contribution is 2.43. The minimum absolute atomic E-state index is 0.489. The molecule has 0 aliphatic heterocycles. The van der Waals surface area contributed by atoms with Crippen LogP contribution in [0.15, 0.2) is 219 Å². The third-order valence-corrected chi connectivity index (χ3v) is 13.3. The maximum absolute atomic E-state index is 5.26. The molecule has 0 aliphatic carbocycles. The van der Waals surface area contributed by atoms with Crippen LogP contribution in [0.4, 0.5) is 34.5 Å². The van der Waals surface area contributed by atoms with E-state index in [1.54, 1.807) is 11.3 Å². The van der Waals surface area contributed by atoms with E-state index in [-0.39, 0.29) is 0 Å². The summed E-state index contributed by atoms with van der Waals surface area (Å²) in [5, 5.41) is 15.3. The van der Waals surface area contributed by atoms with Crippen molar-refractivity contribution in [3.63, 3.8) is 0 Å². The fraction of sp³-hybridized carbons (Fsp3) is 0. The molecule has 13 aromatic rings. The Bertz CT molecular complexity index is 3650. The minimum atomic E-state index is 0.489. The number of aromatic nitrogens is 6. The lowest BCUT2D eigenvalue weighted by Crippen LogP contribution is -2.14. The second-order valence-electron chi connectivity index (χ2n) is 16.0. The zero-order valence-corrected chi connectivity index (χ0v) is 35.6. The monoisotopic (exact) mass is 852 g/mol. The Morgan fingerprint density at radius 1 is 0.385 bits per heavy atom. The quantitative estimate of drug-likeness (QED) is 0.152. The maximum atomic E-state index is 5.26. The number of para-hydroxylation sites is 6. The molecule has 65 heavy (non-hydrogen) atoms. The number of hydrogen-bond donors (Lipinski definition) is 0. The van der Waals surface area contributed by atoms with Crippen LogP contribution in [0.2, 0.25) is 0 Å². The van der Waals surface area contributed by atoms with Crippen molar-refractivity contribution in [3.05, 3.63) is 219 Å². The molecule has 0 bridgehead atoms. The van der Waals surface area contributed by atoms with Crippen molar-refractivity contribution in [2.45, 2.75) is 0 Å². The van der Waals surface area contributed by atoms with E-state index in [0.717, 1.165) is 87.8 Å². The molecule has 0 saturated carbocycles. The Kier molecular flexibility index (Phi) is 8.53. The molecule has 0 unspecified atom stereocenters. The molecule has 0 fully saturated rings. The van der Waals surface area contributed by atoms with Crippen molar-refractivity contribution in [1.82, 2.24) is 29.3 Å². The molecule has 13 rings (SSSR count). The maximum Gasteiger partial charge on any atom is 0.255 e. The molecule has 0 spiro atoms. The van der Waals surface area contributed by atoms with Crippen LogP contribution in [0.3, 0.4) is 0 Å². The number of pyridine rings is 1. The number of thiophene rings is 1. The van der Waals surface area contributed by atoms with Crippen LogP contribution in [0, 0.1) is 0 Å². The Hall–Kier alpha value is -8.66.